The zero-order valence-corrected chi connectivity index (χ0v) is 8.07. The Hall–Kier alpha value is -1.12. The van der Waals surface area contributed by atoms with Crippen LogP contribution in [0.4, 0.5) is 0 Å². The molecule has 1 atom stereocenters. The molecule has 1 unspecified atom stereocenters. The fourth-order valence-corrected chi connectivity index (χ4v) is 1.66. The van der Waals surface area contributed by atoms with E-state index < -0.39 is 11.5 Å². The number of likely N-dealkylation sites (tertiary alicyclic amines) is 1. The Morgan fingerprint density at radius 2 is 2.43 bits per heavy atom. The second-order valence-electron chi connectivity index (χ2n) is 3.75. The quantitative estimate of drug-likeness (QED) is 0.608. The number of nitrogens with two attached hydrogens (primary N) is 1. The van der Waals surface area contributed by atoms with E-state index in [-0.39, 0.29) is 0 Å². The highest BCUT2D eigenvalue weighted by Gasteiger charge is 2.40. The number of nitriles is 1. The van der Waals surface area contributed by atoms with Crippen molar-refractivity contribution in [1.29, 1.82) is 5.26 Å². The van der Waals surface area contributed by atoms with E-state index in [0.717, 1.165) is 13.0 Å². The van der Waals surface area contributed by atoms with Gasteiger partial charge in [0.05, 0.1) is 6.07 Å². The summed E-state index contributed by atoms with van der Waals surface area (Å²) in [5, 5.41) is 17.2. The molecule has 1 rings (SSSR count). The zero-order valence-electron chi connectivity index (χ0n) is 8.07. The van der Waals surface area contributed by atoms with Crippen LogP contribution in [0.15, 0.2) is 0 Å². The predicted molar refractivity (Wildman–Crippen MR) is 50.5 cm³/mol. The summed E-state index contributed by atoms with van der Waals surface area (Å²) < 4.78 is 0. The van der Waals surface area contributed by atoms with E-state index in [1.807, 2.05) is 4.90 Å². The minimum absolute atomic E-state index is 0.397. The van der Waals surface area contributed by atoms with Gasteiger partial charge in [0.25, 0.3) is 0 Å². The number of nitrogens with zero attached hydrogens (tertiary/aromatic N) is 2. The number of unbranched alkanes of at least 4 members (excludes halogenated alkanes) is 1. The monoisotopic (exact) mass is 197 g/mol. The molecule has 1 fully saturated rings. The van der Waals surface area contributed by atoms with E-state index in [2.05, 4.69) is 6.07 Å². The fraction of sp³-hybridized carbons (Fsp3) is 0.778. The first kappa shape index (κ1) is 11.0. The van der Waals surface area contributed by atoms with Crippen LogP contribution in [0.2, 0.25) is 0 Å². The highest BCUT2D eigenvalue weighted by atomic mass is 16.4. The van der Waals surface area contributed by atoms with Gasteiger partial charge in [-0.3, -0.25) is 4.79 Å². The van der Waals surface area contributed by atoms with Crippen molar-refractivity contribution >= 4 is 5.97 Å². The lowest BCUT2D eigenvalue weighted by Gasteiger charge is -2.19. The molecule has 0 amide bonds. The number of carboxylic acid groups (broad SMARTS) is 1. The molecule has 0 aromatic carbocycles. The van der Waals surface area contributed by atoms with Crippen molar-refractivity contribution in [1.82, 2.24) is 4.90 Å². The van der Waals surface area contributed by atoms with E-state index in [1.165, 1.54) is 0 Å². The maximum Gasteiger partial charge on any atom is 0.325 e. The lowest BCUT2D eigenvalue weighted by molar-refractivity contribution is -0.142. The van der Waals surface area contributed by atoms with Crippen LogP contribution in [0.5, 0.6) is 0 Å². The number of carbonyl (C=O) groups is 1. The van der Waals surface area contributed by atoms with Gasteiger partial charge in [-0.25, -0.2) is 0 Å². The Bertz CT molecular complexity index is 261. The van der Waals surface area contributed by atoms with Crippen LogP contribution in [0.25, 0.3) is 0 Å². The van der Waals surface area contributed by atoms with E-state index >= 15 is 0 Å². The number of aliphatic carboxylic acids is 1. The summed E-state index contributed by atoms with van der Waals surface area (Å²) in [7, 11) is 0. The molecule has 5 nitrogen and oxygen atoms in total. The average molecular weight is 197 g/mol. The van der Waals surface area contributed by atoms with E-state index in [9.17, 15) is 4.79 Å². The van der Waals surface area contributed by atoms with Crippen LogP contribution in [0.1, 0.15) is 19.3 Å². The highest BCUT2D eigenvalue weighted by Crippen LogP contribution is 2.19. The van der Waals surface area contributed by atoms with Crippen molar-refractivity contribution in [3.8, 4) is 6.07 Å². The van der Waals surface area contributed by atoms with Gasteiger partial charge in [0.2, 0.25) is 0 Å². The summed E-state index contributed by atoms with van der Waals surface area (Å²) in [6.07, 6.45) is 1.79. The van der Waals surface area contributed by atoms with Crippen molar-refractivity contribution in [3.63, 3.8) is 0 Å². The third-order valence-electron chi connectivity index (χ3n) is 2.57. The van der Waals surface area contributed by atoms with Gasteiger partial charge in [-0.15, -0.1) is 0 Å². The molecule has 1 aliphatic heterocycles. The molecule has 5 heteroatoms. The molecule has 0 spiro atoms. The maximum absolute atomic E-state index is 10.8. The van der Waals surface area contributed by atoms with Crippen LogP contribution < -0.4 is 5.73 Å². The first-order valence-electron chi connectivity index (χ1n) is 4.70. The van der Waals surface area contributed by atoms with Gasteiger partial charge >= 0.3 is 5.97 Å². The summed E-state index contributed by atoms with van der Waals surface area (Å²) in [6.45, 7) is 1.88. The highest BCUT2D eigenvalue weighted by molar-refractivity contribution is 5.79. The van der Waals surface area contributed by atoms with Crippen LogP contribution in [-0.2, 0) is 4.79 Å². The zero-order chi connectivity index (χ0) is 10.6. The van der Waals surface area contributed by atoms with Crippen molar-refractivity contribution in [3.05, 3.63) is 0 Å². The molecule has 14 heavy (non-hydrogen) atoms. The van der Waals surface area contributed by atoms with Crippen molar-refractivity contribution in [2.75, 3.05) is 19.6 Å². The van der Waals surface area contributed by atoms with Gasteiger partial charge in [0, 0.05) is 19.5 Å². The minimum Gasteiger partial charge on any atom is -0.480 e. The Morgan fingerprint density at radius 3 is 2.93 bits per heavy atom. The fourth-order valence-electron chi connectivity index (χ4n) is 1.66. The smallest absolute Gasteiger partial charge is 0.325 e. The van der Waals surface area contributed by atoms with Crippen molar-refractivity contribution in [2.45, 2.75) is 24.8 Å². The topological polar surface area (TPSA) is 90.4 Å². The van der Waals surface area contributed by atoms with Crippen molar-refractivity contribution < 1.29 is 9.90 Å². The molecule has 3 N–H and O–H groups in total. The number of carboxylic acids is 1. The predicted octanol–water partition coefficient (Wildman–Crippen LogP) is -0.222. The van der Waals surface area contributed by atoms with Gasteiger partial charge in [0.1, 0.15) is 5.54 Å². The van der Waals surface area contributed by atoms with Crippen LogP contribution in [0.3, 0.4) is 0 Å². The van der Waals surface area contributed by atoms with Gasteiger partial charge in [-0.1, -0.05) is 0 Å². The second kappa shape index (κ2) is 4.40. The van der Waals surface area contributed by atoms with Crippen LogP contribution in [0, 0.1) is 11.3 Å². The third kappa shape index (κ3) is 2.44. The molecular weight excluding hydrogens is 182 g/mol. The maximum atomic E-state index is 10.8. The van der Waals surface area contributed by atoms with E-state index in [0.29, 0.717) is 25.9 Å². The molecule has 0 aromatic heterocycles. The molecule has 1 saturated heterocycles. The minimum atomic E-state index is -1.08. The lowest BCUT2D eigenvalue weighted by atomic mass is 10.0. The Kier molecular flexibility index (Phi) is 3.44. The second-order valence-corrected chi connectivity index (χ2v) is 3.75. The summed E-state index contributed by atoms with van der Waals surface area (Å²) in [5.41, 5.74) is 4.61. The number of hydrogen-bond acceptors (Lipinski definition) is 4. The first-order chi connectivity index (χ1) is 6.58. The van der Waals surface area contributed by atoms with Gasteiger partial charge in [0.15, 0.2) is 0 Å². The average Bonchev–Trinajstić information content (AvgIpc) is 2.50. The molecule has 0 saturated carbocycles. The van der Waals surface area contributed by atoms with Gasteiger partial charge < -0.3 is 15.7 Å². The largest absolute Gasteiger partial charge is 0.480 e. The summed E-state index contributed by atoms with van der Waals surface area (Å²) >= 11 is 0. The summed E-state index contributed by atoms with van der Waals surface area (Å²) in [6, 6.07) is 2.06. The first-order valence-corrected chi connectivity index (χ1v) is 4.70. The molecule has 0 radical (unpaired) electrons. The Labute approximate surface area is 83.1 Å². The van der Waals surface area contributed by atoms with E-state index in [1.54, 1.807) is 0 Å². The Balaban J connectivity index is 2.34. The molecule has 1 heterocycles. The van der Waals surface area contributed by atoms with Crippen molar-refractivity contribution in [2.24, 2.45) is 5.73 Å². The van der Waals surface area contributed by atoms with Gasteiger partial charge in [-0.2, -0.15) is 5.26 Å². The van der Waals surface area contributed by atoms with Gasteiger partial charge in [-0.05, 0) is 19.4 Å². The third-order valence-corrected chi connectivity index (χ3v) is 2.57. The normalized spacial score (nSPS) is 27.4. The molecule has 1 aliphatic rings. The SMILES string of the molecule is N#CCCCN1CCC(N)(C(=O)O)C1. The lowest BCUT2D eigenvalue weighted by Crippen LogP contribution is -2.50. The molecule has 0 bridgehead atoms. The molecular formula is C9H15N3O2. The molecule has 0 aromatic rings. The standard InChI is InChI=1S/C9H15N3O2/c10-4-1-2-5-12-6-3-9(11,7-12)8(13)14/h1-3,5-7,11H2,(H,13,14). The summed E-state index contributed by atoms with van der Waals surface area (Å²) in [5.74, 6) is -0.930. The number of hydrogen-bond donors (Lipinski definition) is 2. The van der Waals surface area contributed by atoms with Crippen LogP contribution >= 0.6 is 0 Å². The summed E-state index contributed by atoms with van der Waals surface area (Å²) in [4.78, 5) is 12.8. The molecule has 78 valence electrons. The van der Waals surface area contributed by atoms with E-state index in [4.69, 9.17) is 16.1 Å². The molecule has 0 aliphatic carbocycles. The Morgan fingerprint density at radius 1 is 1.71 bits per heavy atom. The number of rotatable bonds is 4. The van der Waals surface area contributed by atoms with Crippen LogP contribution in [-0.4, -0.2) is 41.1 Å².